The first-order valence-electron chi connectivity index (χ1n) is 6.28. The number of hydrogen-bond acceptors (Lipinski definition) is 1. The van der Waals surface area contributed by atoms with Crippen molar-refractivity contribution in [1.29, 1.82) is 0 Å². The number of nitrogens with one attached hydrogen (secondary N) is 1. The van der Waals surface area contributed by atoms with Gasteiger partial charge >= 0.3 is 0 Å². The average molecular weight is 219 g/mol. The fraction of sp³-hybridized carbons (Fsp3) is 0.600. The van der Waals surface area contributed by atoms with Crippen LogP contribution in [0.3, 0.4) is 0 Å². The molecular weight excluding hydrogens is 194 g/mol. The van der Waals surface area contributed by atoms with E-state index in [1.165, 1.54) is 29.5 Å². The average Bonchev–Trinajstić information content (AvgIpc) is 2.16. The molecule has 1 aromatic carbocycles. The van der Waals surface area contributed by atoms with Crippen molar-refractivity contribution in [3.05, 3.63) is 34.9 Å². The Bertz CT molecular complexity index is 308. The zero-order valence-electron chi connectivity index (χ0n) is 11.3. The summed E-state index contributed by atoms with van der Waals surface area (Å²) >= 11 is 0. The van der Waals surface area contributed by atoms with Crippen LogP contribution in [0, 0.1) is 19.8 Å². The molecule has 1 N–H and O–H groups in total. The Balaban J connectivity index is 2.78. The standard InChI is InChI=1S/C15H25N/c1-11(2)6-7-15(16-5)14-9-12(3)8-13(4)10-14/h8-11,15-16H,6-7H2,1-5H3. The van der Waals surface area contributed by atoms with Gasteiger partial charge in [0.2, 0.25) is 0 Å². The fourth-order valence-electron chi connectivity index (χ4n) is 2.19. The maximum Gasteiger partial charge on any atom is 0.0317 e. The van der Waals surface area contributed by atoms with Crippen LogP contribution in [0.2, 0.25) is 0 Å². The summed E-state index contributed by atoms with van der Waals surface area (Å²) in [4.78, 5) is 0. The van der Waals surface area contributed by atoms with Crippen LogP contribution in [0.15, 0.2) is 18.2 Å². The highest BCUT2D eigenvalue weighted by Crippen LogP contribution is 2.22. The van der Waals surface area contributed by atoms with Crippen molar-refractivity contribution in [2.24, 2.45) is 5.92 Å². The third-order valence-electron chi connectivity index (χ3n) is 3.03. The molecule has 16 heavy (non-hydrogen) atoms. The lowest BCUT2D eigenvalue weighted by atomic mass is 9.95. The Morgan fingerprint density at radius 1 is 1.00 bits per heavy atom. The molecule has 1 unspecified atom stereocenters. The molecule has 0 aliphatic heterocycles. The molecule has 0 heterocycles. The number of benzene rings is 1. The van der Waals surface area contributed by atoms with Gasteiger partial charge in [-0.15, -0.1) is 0 Å². The zero-order chi connectivity index (χ0) is 12.1. The lowest BCUT2D eigenvalue weighted by Crippen LogP contribution is -2.17. The van der Waals surface area contributed by atoms with Crippen LogP contribution in [0.1, 0.15) is 49.4 Å². The first-order chi connectivity index (χ1) is 7.52. The lowest BCUT2D eigenvalue weighted by Gasteiger charge is -2.19. The lowest BCUT2D eigenvalue weighted by molar-refractivity contribution is 0.465. The predicted molar refractivity (Wildman–Crippen MR) is 71.8 cm³/mol. The van der Waals surface area contributed by atoms with E-state index in [2.05, 4.69) is 58.3 Å². The van der Waals surface area contributed by atoms with E-state index in [1.807, 2.05) is 0 Å². The van der Waals surface area contributed by atoms with Crippen LogP contribution in [0.5, 0.6) is 0 Å². The van der Waals surface area contributed by atoms with Crippen molar-refractivity contribution >= 4 is 0 Å². The van der Waals surface area contributed by atoms with Gasteiger partial charge in [0.1, 0.15) is 0 Å². The molecule has 0 fully saturated rings. The summed E-state index contributed by atoms with van der Waals surface area (Å²) in [5.41, 5.74) is 4.15. The second kappa shape index (κ2) is 6.05. The monoisotopic (exact) mass is 219 g/mol. The van der Waals surface area contributed by atoms with Gasteiger partial charge in [0, 0.05) is 6.04 Å². The van der Waals surface area contributed by atoms with Gasteiger partial charge < -0.3 is 5.32 Å². The van der Waals surface area contributed by atoms with E-state index < -0.39 is 0 Å². The van der Waals surface area contributed by atoms with Crippen LogP contribution in [0.4, 0.5) is 0 Å². The summed E-state index contributed by atoms with van der Waals surface area (Å²) in [7, 11) is 2.06. The highest BCUT2D eigenvalue weighted by atomic mass is 14.9. The molecule has 90 valence electrons. The largest absolute Gasteiger partial charge is 0.313 e. The van der Waals surface area contributed by atoms with Crippen LogP contribution in [-0.4, -0.2) is 7.05 Å². The summed E-state index contributed by atoms with van der Waals surface area (Å²) in [5.74, 6) is 0.779. The SMILES string of the molecule is CNC(CCC(C)C)c1cc(C)cc(C)c1. The van der Waals surface area contributed by atoms with Crippen LogP contribution >= 0.6 is 0 Å². The Labute approximate surface area is 100 Å². The van der Waals surface area contributed by atoms with E-state index in [0.29, 0.717) is 6.04 Å². The third kappa shape index (κ3) is 3.97. The molecule has 1 rings (SSSR count). The molecule has 0 saturated carbocycles. The van der Waals surface area contributed by atoms with E-state index in [4.69, 9.17) is 0 Å². The van der Waals surface area contributed by atoms with E-state index in [-0.39, 0.29) is 0 Å². The zero-order valence-corrected chi connectivity index (χ0v) is 11.3. The van der Waals surface area contributed by atoms with Crippen molar-refractivity contribution in [2.75, 3.05) is 7.05 Å². The molecule has 0 saturated heterocycles. The Hall–Kier alpha value is -0.820. The van der Waals surface area contributed by atoms with Gasteiger partial charge in [-0.25, -0.2) is 0 Å². The second-order valence-corrected chi connectivity index (χ2v) is 5.23. The summed E-state index contributed by atoms with van der Waals surface area (Å²) < 4.78 is 0. The second-order valence-electron chi connectivity index (χ2n) is 5.23. The summed E-state index contributed by atoms with van der Waals surface area (Å²) in [5, 5.41) is 3.43. The van der Waals surface area contributed by atoms with Crippen molar-refractivity contribution < 1.29 is 0 Å². The summed E-state index contributed by atoms with van der Waals surface area (Å²) in [6.45, 7) is 8.92. The number of aryl methyl sites for hydroxylation is 2. The van der Waals surface area contributed by atoms with Gasteiger partial charge in [0.15, 0.2) is 0 Å². The molecular formula is C15H25N. The van der Waals surface area contributed by atoms with Gasteiger partial charge in [-0.1, -0.05) is 43.2 Å². The van der Waals surface area contributed by atoms with E-state index in [1.54, 1.807) is 0 Å². The van der Waals surface area contributed by atoms with Gasteiger partial charge in [-0.2, -0.15) is 0 Å². The van der Waals surface area contributed by atoms with Gasteiger partial charge in [0.25, 0.3) is 0 Å². The smallest absolute Gasteiger partial charge is 0.0317 e. The molecule has 0 spiro atoms. The molecule has 1 atom stereocenters. The van der Waals surface area contributed by atoms with Gasteiger partial charge in [-0.3, -0.25) is 0 Å². The highest BCUT2D eigenvalue weighted by molar-refractivity contribution is 5.30. The van der Waals surface area contributed by atoms with Crippen LogP contribution < -0.4 is 5.32 Å². The first-order valence-corrected chi connectivity index (χ1v) is 6.28. The van der Waals surface area contributed by atoms with E-state index in [9.17, 15) is 0 Å². The Kier molecular flexibility index (Phi) is 5.01. The quantitative estimate of drug-likeness (QED) is 0.789. The molecule has 0 aromatic heterocycles. The van der Waals surface area contributed by atoms with Crippen molar-refractivity contribution in [2.45, 2.75) is 46.6 Å². The van der Waals surface area contributed by atoms with Crippen LogP contribution in [0.25, 0.3) is 0 Å². The maximum atomic E-state index is 3.43. The van der Waals surface area contributed by atoms with Crippen LogP contribution in [-0.2, 0) is 0 Å². The molecule has 0 amide bonds. The topological polar surface area (TPSA) is 12.0 Å². The van der Waals surface area contributed by atoms with Gasteiger partial charge in [-0.05, 0) is 45.2 Å². The fourth-order valence-corrected chi connectivity index (χ4v) is 2.19. The third-order valence-corrected chi connectivity index (χ3v) is 3.03. The van der Waals surface area contributed by atoms with E-state index in [0.717, 1.165) is 5.92 Å². The molecule has 0 aliphatic rings. The Morgan fingerprint density at radius 2 is 1.56 bits per heavy atom. The molecule has 1 nitrogen and oxygen atoms in total. The van der Waals surface area contributed by atoms with E-state index >= 15 is 0 Å². The minimum atomic E-state index is 0.501. The Morgan fingerprint density at radius 3 is 2.00 bits per heavy atom. The van der Waals surface area contributed by atoms with Gasteiger partial charge in [0.05, 0.1) is 0 Å². The molecule has 0 radical (unpaired) electrons. The van der Waals surface area contributed by atoms with Crippen molar-refractivity contribution in [1.82, 2.24) is 5.32 Å². The minimum Gasteiger partial charge on any atom is -0.313 e. The van der Waals surface area contributed by atoms with Crippen molar-refractivity contribution in [3.8, 4) is 0 Å². The normalized spacial score (nSPS) is 13.1. The predicted octanol–water partition coefficient (Wildman–Crippen LogP) is 4.00. The van der Waals surface area contributed by atoms with Crippen molar-refractivity contribution in [3.63, 3.8) is 0 Å². The summed E-state index contributed by atoms with van der Waals surface area (Å²) in [6, 6.07) is 7.34. The first kappa shape index (κ1) is 13.2. The number of hydrogen-bond donors (Lipinski definition) is 1. The summed E-state index contributed by atoms with van der Waals surface area (Å²) in [6.07, 6.45) is 2.50. The number of rotatable bonds is 5. The maximum absolute atomic E-state index is 3.43. The molecule has 1 heteroatoms. The minimum absolute atomic E-state index is 0.501. The molecule has 0 bridgehead atoms. The molecule has 0 aliphatic carbocycles. The highest BCUT2D eigenvalue weighted by Gasteiger charge is 2.10. The molecule has 1 aromatic rings.